The summed E-state index contributed by atoms with van der Waals surface area (Å²) >= 11 is 0. The van der Waals surface area contributed by atoms with E-state index >= 15 is 0 Å². The molecule has 6 rings (SSSR count). The highest BCUT2D eigenvalue weighted by Crippen LogP contribution is 2.45. The number of Topliss-reactive ketones (excluding diaryl/α,β-unsaturated/α-hetero) is 1. The molecule has 0 radical (unpaired) electrons. The van der Waals surface area contributed by atoms with Gasteiger partial charge in [0.2, 0.25) is 0 Å². The van der Waals surface area contributed by atoms with Crippen LogP contribution >= 0.6 is 0 Å². The van der Waals surface area contributed by atoms with Crippen LogP contribution in [0, 0.1) is 5.92 Å². The van der Waals surface area contributed by atoms with Gasteiger partial charge < -0.3 is 9.64 Å². The minimum Gasteiger partial charge on any atom is -0.448 e. The molecule has 2 bridgehead atoms. The van der Waals surface area contributed by atoms with E-state index in [9.17, 15) is 9.59 Å². The minimum absolute atomic E-state index is 0.0385. The predicted molar refractivity (Wildman–Crippen MR) is 151 cm³/mol. The number of carbonyl (C=O) groups excluding carboxylic acids is 2. The number of benzene rings is 3. The average Bonchev–Trinajstić information content (AvgIpc) is 3.24. The van der Waals surface area contributed by atoms with Crippen LogP contribution in [0.4, 0.5) is 4.79 Å². The summed E-state index contributed by atoms with van der Waals surface area (Å²) < 4.78 is 6.04. The number of nitrogens with zero attached hydrogens (tertiary/aromatic N) is 1. The van der Waals surface area contributed by atoms with Crippen LogP contribution < -0.4 is 0 Å². The van der Waals surface area contributed by atoms with E-state index in [-0.39, 0.29) is 41.2 Å². The molecular weight excluding hydrogens is 470 g/mol. The monoisotopic (exact) mass is 507 g/mol. The quantitative estimate of drug-likeness (QED) is 0.339. The zero-order chi connectivity index (χ0) is 26.4. The number of piperidine rings is 2. The second-order valence-corrected chi connectivity index (χ2v) is 12.3. The fourth-order valence-electron chi connectivity index (χ4n) is 6.93. The smallest absolute Gasteiger partial charge is 0.410 e. The molecular formula is C34H37NO3. The number of rotatable bonds is 4. The van der Waals surface area contributed by atoms with Crippen molar-refractivity contribution < 1.29 is 14.3 Å². The van der Waals surface area contributed by atoms with Crippen LogP contribution in [0.15, 0.2) is 72.8 Å². The summed E-state index contributed by atoms with van der Waals surface area (Å²) in [5, 5.41) is 0. The molecule has 4 nitrogen and oxygen atoms in total. The van der Waals surface area contributed by atoms with Gasteiger partial charge >= 0.3 is 6.09 Å². The highest BCUT2D eigenvalue weighted by molar-refractivity contribution is 5.98. The summed E-state index contributed by atoms with van der Waals surface area (Å²) in [7, 11) is 0. The van der Waals surface area contributed by atoms with Crippen LogP contribution in [0.1, 0.15) is 85.8 Å². The number of amides is 1. The lowest BCUT2D eigenvalue weighted by Gasteiger charge is -2.47. The van der Waals surface area contributed by atoms with Gasteiger partial charge in [0, 0.05) is 29.5 Å². The summed E-state index contributed by atoms with van der Waals surface area (Å²) in [5.74, 6) is 0.236. The van der Waals surface area contributed by atoms with E-state index in [0.29, 0.717) is 6.61 Å². The zero-order valence-corrected chi connectivity index (χ0v) is 22.7. The Morgan fingerprint density at radius 2 is 1.37 bits per heavy atom. The Labute approximate surface area is 226 Å². The van der Waals surface area contributed by atoms with Crippen LogP contribution in [0.3, 0.4) is 0 Å². The molecule has 0 saturated carbocycles. The third-order valence-electron chi connectivity index (χ3n) is 8.93. The molecule has 2 fully saturated rings. The highest BCUT2D eigenvalue weighted by atomic mass is 16.6. The van der Waals surface area contributed by atoms with Crippen molar-refractivity contribution in [3.63, 3.8) is 0 Å². The number of carbonyl (C=O) groups is 2. The Morgan fingerprint density at radius 1 is 0.816 bits per heavy atom. The molecule has 4 heteroatoms. The van der Waals surface area contributed by atoms with Gasteiger partial charge in [0.05, 0.1) is 0 Å². The van der Waals surface area contributed by atoms with E-state index < -0.39 is 0 Å². The van der Waals surface area contributed by atoms with E-state index in [1.807, 2.05) is 17.0 Å². The second-order valence-electron chi connectivity index (χ2n) is 12.3. The average molecular weight is 508 g/mol. The van der Waals surface area contributed by atoms with Crippen molar-refractivity contribution >= 4 is 11.9 Å². The topological polar surface area (TPSA) is 46.6 Å². The molecule has 1 aliphatic carbocycles. The van der Waals surface area contributed by atoms with Crippen LogP contribution in [0.25, 0.3) is 11.1 Å². The molecule has 2 atom stereocenters. The SMILES string of the molecule is CC(C)(C)c1ccc(C(=O)C2CC3CCCC(C2)N3C(=O)OCC2c3ccccc3-c3ccccc32)cc1. The summed E-state index contributed by atoms with van der Waals surface area (Å²) in [6, 6.07) is 25.1. The van der Waals surface area contributed by atoms with Crippen LogP contribution in [0.2, 0.25) is 0 Å². The lowest BCUT2D eigenvalue weighted by molar-refractivity contribution is 0.00651. The first-order valence-corrected chi connectivity index (χ1v) is 14.1. The fraction of sp³-hybridized carbons (Fsp3) is 0.412. The van der Waals surface area contributed by atoms with Gasteiger partial charge in [-0.15, -0.1) is 0 Å². The highest BCUT2D eigenvalue weighted by Gasteiger charge is 2.44. The van der Waals surface area contributed by atoms with Crippen molar-refractivity contribution in [2.45, 2.75) is 76.3 Å². The summed E-state index contributed by atoms with van der Waals surface area (Å²) in [6.07, 6.45) is 4.20. The van der Waals surface area contributed by atoms with Crippen molar-refractivity contribution in [1.82, 2.24) is 4.90 Å². The fourth-order valence-corrected chi connectivity index (χ4v) is 6.93. The van der Waals surface area contributed by atoms with Crippen molar-refractivity contribution in [3.8, 4) is 11.1 Å². The van der Waals surface area contributed by atoms with E-state index in [4.69, 9.17) is 4.74 Å². The zero-order valence-electron chi connectivity index (χ0n) is 22.7. The minimum atomic E-state index is -0.220. The molecule has 3 aliphatic rings. The normalized spacial score (nSPS) is 22.5. The third-order valence-corrected chi connectivity index (χ3v) is 8.93. The Morgan fingerprint density at radius 3 is 1.92 bits per heavy atom. The second kappa shape index (κ2) is 9.72. The van der Waals surface area contributed by atoms with Crippen LogP contribution in [-0.4, -0.2) is 35.5 Å². The molecule has 2 aliphatic heterocycles. The van der Waals surface area contributed by atoms with Crippen molar-refractivity contribution in [2.24, 2.45) is 5.92 Å². The van der Waals surface area contributed by atoms with Gasteiger partial charge in [0.15, 0.2) is 5.78 Å². The molecule has 38 heavy (non-hydrogen) atoms. The molecule has 0 N–H and O–H groups in total. The lowest BCUT2D eigenvalue weighted by atomic mass is 9.75. The first-order valence-electron chi connectivity index (χ1n) is 14.1. The van der Waals surface area contributed by atoms with E-state index in [1.54, 1.807) is 0 Å². The molecule has 2 saturated heterocycles. The first kappa shape index (κ1) is 24.9. The molecule has 1 amide bonds. The molecule has 3 aromatic rings. The maximum absolute atomic E-state index is 13.5. The molecule has 0 spiro atoms. The Hall–Kier alpha value is -3.40. The van der Waals surface area contributed by atoms with E-state index in [1.165, 1.54) is 27.8 Å². The van der Waals surface area contributed by atoms with Crippen LogP contribution in [0.5, 0.6) is 0 Å². The standard InChI is InChI=1S/C34H37NO3/c1-34(2,3)24-17-15-22(16-18-24)32(36)23-19-25-9-8-10-26(20-23)35(25)33(37)38-21-31-29-13-6-4-11-27(29)28-12-5-7-14-30(28)31/h4-7,11-18,23,25-26,31H,8-10,19-21H2,1-3H3. The molecule has 2 heterocycles. The summed E-state index contributed by atoms with van der Waals surface area (Å²) in [6.45, 7) is 6.89. The van der Waals surface area contributed by atoms with Gasteiger partial charge in [-0.3, -0.25) is 4.79 Å². The summed E-state index contributed by atoms with van der Waals surface area (Å²) in [5.41, 5.74) is 7.00. The maximum atomic E-state index is 13.5. The Kier molecular flexibility index (Phi) is 6.37. The number of hydrogen-bond donors (Lipinski definition) is 0. The molecule has 2 unspecified atom stereocenters. The van der Waals surface area contributed by atoms with Gasteiger partial charge in [-0.1, -0.05) is 93.6 Å². The van der Waals surface area contributed by atoms with Gasteiger partial charge in [-0.05, 0) is 65.3 Å². The Bertz CT molecular complexity index is 1290. The van der Waals surface area contributed by atoms with Gasteiger partial charge in [-0.25, -0.2) is 4.79 Å². The maximum Gasteiger partial charge on any atom is 0.410 e. The van der Waals surface area contributed by atoms with Crippen LogP contribution in [-0.2, 0) is 10.2 Å². The van der Waals surface area contributed by atoms with Gasteiger partial charge in [0.25, 0.3) is 0 Å². The van der Waals surface area contributed by atoms with E-state index in [2.05, 4.69) is 81.4 Å². The molecule has 0 aromatic heterocycles. The van der Waals surface area contributed by atoms with Crippen molar-refractivity contribution in [2.75, 3.05) is 6.61 Å². The molecule has 3 aromatic carbocycles. The van der Waals surface area contributed by atoms with Crippen molar-refractivity contribution in [3.05, 3.63) is 95.1 Å². The number of ether oxygens (including phenoxy) is 1. The molecule has 196 valence electrons. The first-order chi connectivity index (χ1) is 18.3. The third kappa shape index (κ3) is 4.44. The Balaban J connectivity index is 1.14. The summed E-state index contributed by atoms with van der Waals surface area (Å²) in [4.78, 5) is 28.9. The van der Waals surface area contributed by atoms with Crippen molar-refractivity contribution in [1.29, 1.82) is 0 Å². The van der Waals surface area contributed by atoms with E-state index in [0.717, 1.165) is 37.7 Å². The number of ketones is 1. The number of fused-ring (bicyclic) bond motifs is 5. The predicted octanol–water partition coefficient (Wildman–Crippen LogP) is 7.75. The lowest BCUT2D eigenvalue weighted by Crippen LogP contribution is -2.55. The number of hydrogen-bond acceptors (Lipinski definition) is 3. The largest absolute Gasteiger partial charge is 0.448 e. The van der Waals surface area contributed by atoms with Gasteiger partial charge in [0.1, 0.15) is 6.61 Å². The van der Waals surface area contributed by atoms with Gasteiger partial charge in [-0.2, -0.15) is 0 Å².